The summed E-state index contributed by atoms with van der Waals surface area (Å²) >= 11 is 0. The maximum absolute atomic E-state index is 13.5. The monoisotopic (exact) mass is 397 g/mol. The molecule has 0 aliphatic heterocycles. The summed E-state index contributed by atoms with van der Waals surface area (Å²) in [5.74, 6) is -2.17. The van der Waals surface area contributed by atoms with E-state index in [1.165, 1.54) is 24.5 Å². The Morgan fingerprint density at radius 3 is 2.52 bits per heavy atom. The van der Waals surface area contributed by atoms with Crippen LogP contribution in [-0.2, 0) is 4.79 Å². The van der Waals surface area contributed by atoms with E-state index in [4.69, 9.17) is 14.9 Å². The van der Waals surface area contributed by atoms with Gasteiger partial charge in [-0.15, -0.1) is 0 Å². The van der Waals surface area contributed by atoms with Gasteiger partial charge in [-0.25, -0.2) is 4.39 Å². The topological polar surface area (TPSA) is 124 Å². The number of nitrogens with one attached hydrogen (secondary N) is 2. The van der Waals surface area contributed by atoms with Crippen LogP contribution in [0.5, 0.6) is 5.75 Å². The summed E-state index contributed by atoms with van der Waals surface area (Å²) in [7, 11) is 0. The lowest BCUT2D eigenvalue weighted by Gasteiger charge is -2.10. The number of primary amides is 1. The van der Waals surface area contributed by atoms with E-state index >= 15 is 0 Å². The molecule has 1 heterocycles. The number of halogens is 1. The molecule has 29 heavy (non-hydrogen) atoms. The van der Waals surface area contributed by atoms with E-state index in [2.05, 4.69) is 10.6 Å². The van der Waals surface area contributed by atoms with Crippen molar-refractivity contribution < 1.29 is 27.9 Å². The van der Waals surface area contributed by atoms with Gasteiger partial charge in [0.2, 0.25) is 0 Å². The molecule has 0 aliphatic carbocycles. The third kappa shape index (κ3) is 5.19. The summed E-state index contributed by atoms with van der Waals surface area (Å²) in [6, 6.07) is 13.0. The molecule has 8 nitrogen and oxygen atoms in total. The van der Waals surface area contributed by atoms with Gasteiger partial charge in [-0.05, 0) is 42.5 Å². The van der Waals surface area contributed by atoms with E-state index in [1.807, 2.05) is 0 Å². The lowest BCUT2D eigenvalue weighted by atomic mass is 10.2. The molecule has 0 spiro atoms. The Morgan fingerprint density at radius 2 is 1.79 bits per heavy atom. The number of benzene rings is 2. The van der Waals surface area contributed by atoms with Crippen LogP contribution in [0.1, 0.15) is 20.9 Å². The summed E-state index contributed by atoms with van der Waals surface area (Å²) in [5.41, 5.74) is 5.40. The van der Waals surface area contributed by atoms with Gasteiger partial charge < -0.3 is 25.5 Å². The number of anilines is 2. The van der Waals surface area contributed by atoms with Gasteiger partial charge >= 0.3 is 0 Å². The smallest absolute Gasteiger partial charge is 0.291 e. The highest BCUT2D eigenvalue weighted by molar-refractivity contribution is 6.02. The Hall–Kier alpha value is -4.14. The number of rotatable bonds is 7. The fourth-order valence-corrected chi connectivity index (χ4v) is 2.40. The number of hydrogen-bond donors (Lipinski definition) is 3. The van der Waals surface area contributed by atoms with Gasteiger partial charge in [0.15, 0.2) is 12.4 Å². The predicted molar refractivity (Wildman–Crippen MR) is 102 cm³/mol. The SMILES string of the molecule is NC(=O)c1cc(NC(=O)COc2cccc(NC(=O)c3ccco3)c2)ccc1F. The molecule has 9 heteroatoms. The lowest BCUT2D eigenvalue weighted by molar-refractivity contribution is -0.118. The molecule has 0 atom stereocenters. The molecule has 2 aromatic carbocycles. The van der Waals surface area contributed by atoms with Crippen LogP contribution in [0.25, 0.3) is 0 Å². The molecule has 1 aromatic heterocycles. The maximum Gasteiger partial charge on any atom is 0.291 e. The van der Waals surface area contributed by atoms with Crippen LogP contribution in [0.3, 0.4) is 0 Å². The number of furan rings is 1. The van der Waals surface area contributed by atoms with Crippen molar-refractivity contribution in [3.63, 3.8) is 0 Å². The first-order valence-electron chi connectivity index (χ1n) is 8.39. The zero-order valence-corrected chi connectivity index (χ0v) is 15.0. The molecule has 0 saturated heterocycles. The minimum atomic E-state index is -0.941. The molecule has 148 valence electrons. The zero-order chi connectivity index (χ0) is 20.8. The molecule has 0 bridgehead atoms. The molecule has 0 aliphatic rings. The Bertz CT molecular complexity index is 1050. The van der Waals surface area contributed by atoms with Gasteiger partial charge in [0.1, 0.15) is 11.6 Å². The second kappa shape index (κ2) is 8.70. The van der Waals surface area contributed by atoms with Crippen LogP contribution in [0.4, 0.5) is 15.8 Å². The molecule has 0 radical (unpaired) electrons. The predicted octanol–water partition coefficient (Wildman–Crippen LogP) is 2.79. The number of amides is 3. The van der Waals surface area contributed by atoms with E-state index in [1.54, 1.807) is 24.3 Å². The first-order chi connectivity index (χ1) is 13.9. The van der Waals surface area contributed by atoms with Gasteiger partial charge in [0, 0.05) is 17.4 Å². The maximum atomic E-state index is 13.5. The van der Waals surface area contributed by atoms with Crippen LogP contribution in [0, 0.1) is 5.82 Å². The molecule has 3 rings (SSSR count). The zero-order valence-electron chi connectivity index (χ0n) is 15.0. The van der Waals surface area contributed by atoms with Gasteiger partial charge in [0.05, 0.1) is 11.8 Å². The fourth-order valence-electron chi connectivity index (χ4n) is 2.40. The summed E-state index contributed by atoms with van der Waals surface area (Å²) in [5, 5.41) is 5.12. The molecule has 3 aromatic rings. The summed E-state index contributed by atoms with van der Waals surface area (Å²) in [6.07, 6.45) is 1.39. The minimum absolute atomic E-state index is 0.158. The Balaban J connectivity index is 1.57. The first kappa shape index (κ1) is 19.6. The molecule has 0 fully saturated rings. The highest BCUT2D eigenvalue weighted by Crippen LogP contribution is 2.19. The van der Waals surface area contributed by atoms with Crippen LogP contribution < -0.4 is 21.1 Å². The largest absolute Gasteiger partial charge is 0.484 e. The average molecular weight is 397 g/mol. The second-order valence-corrected chi connectivity index (χ2v) is 5.85. The minimum Gasteiger partial charge on any atom is -0.484 e. The third-order valence-electron chi connectivity index (χ3n) is 3.72. The van der Waals surface area contributed by atoms with E-state index in [0.29, 0.717) is 11.4 Å². The van der Waals surface area contributed by atoms with E-state index in [0.717, 1.165) is 12.1 Å². The molecule has 0 unspecified atom stereocenters. The van der Waals surface area contributed by atoms with Gasteiger partial charge in [-0.2, -0.15) is 0 Å². The Kier molecular flexibility index (Phi) is 5.88. The van der Waals surface area contributed by atoms with E-state index in [9.17, 15) is 18.8 Å². The Labute approximate surface area is 164 Å². The number of ether oxygens (including phenoxy) is 1. The van der Waals surface area contributed by atoms with Crippen LogP contribution >= 0.6 is 0 Å². The van der Waals surface area contributed by atoms with Crippen molar-refractivity contribution >= 4 is 29.1 Å². The molecule has 3 amide bonds. The quantitative estimate of drug-likeness (QED) is 0.566. The third-order valence-corrected chi connectivity index (χ3v) is 3.72. The number of carbonyl (C=O) groups is 3. The Morgan fingerprint density at radius 1 is 1.00 bits per heavy atom. The summed E-state index contributed by atoms with van der Waals surface area (Å²) in [4.78, 5) is 35.2. The lowest BCUT2D eigenvalue weighted by Crippen LogP contribution is -2.21. The van der Waals surface area contributed by atoms with E-state index < -0.39 is 23.5 Å². The number of nitrogens with two attached hydrogens (primary N) is 1. The van der Waals surface area contributed by atoms with Gasteiger partial charge in [0.25, 0.3) is 17.7 Å². The van der Waals surface area contributed by atoms with Crippen LogP contribution in [0.15, 0.2) is 65.3 Å². The van der Waals surface area contributed by atoms with Crippen molar-refractivity contribution in [3.05, 3.63) is 78.0 Å². The van der Waals surface area contributed by atoms with Crippen molar-refractivity contribution in [1.29, 1.82) is 0 Å². The van der Waals surface area contributed by atoms with Crippen molar-refractivity contribution in [2.45, 2.75) is 0 Å². The fraction of sp³-hybridized carbons (Fsp3) is 0.0500. The van der Waals surface area contributed by atoms with Crippen LogP contribution in [0.2, 0.25) is 0 Å². The molecule has 4 N–H and O–H groups in total. The molecule has 0 saturated carbocycles. The van der Waals surface area contributed by atoms with Crippen molar-refractivity contribution in [3.8, 4) is 5.75 Å². The van der Waals surface area contributed by atoms with Crippen LogP contribution in [-0.4, -0.2) is 24.3 Å². The van der Waals surface area contributed by atoms with E-state index in [-0.39, 0.29) is 23.6 Å². The normalized spacial score (nSPS) is 10.2. The highest BCUT2D eigenvalue weighted by Gasteiger charge is 2.12. The van der Waals surface area contributed by atoms with Crippen molar-refractivity contribution in [1.82, 2.24) is 0 Å². The number of hydrogen-bond acceptors (Lipinski definition) is 5. The first-order valence-corrected chi connectivity index (χ1v) is 8.39. The standard InChI is InChI=1S/C20H16FN3O5/c21-16-7-6-13(10-15(16)19(22)26)23-18(25)11-29-14-4-1-3-12(9-14)24-20(27)17-5-2-8-28-17/h1-10H,11H2,(H2,22,26)(H,23,25)(H,24,27). The average Bonchev–Trinajstić information content (AvgIpc) is 3.23. The van der Waals surface area contributed by atoms with Crippen molar-refractivity contribution in [2.75, 3.05) is 17.2 Å². The highest BCUT2D eigenvalue weighted by atomic mass is 19.1. The summed E-state index contributed by atoms with van der Waals surface area (Å²) < 4.78 is 23.9. The summed E-state index contributed by atoms with van der Waals surface area (Å²) in [6.45, 7) is -0.348. The molecular weight excluding hydrogens is 381 g/mol. The second-order valence-electron chi connectivity index (χ2n) is 5.85. The van der Waals surface area contributed by atoms with Gasteiger partial charge in [-0.3, -0.25) is 14.4 Å². The van der Waals surface area contributed by atoms with Crippen molar-refractivity contribution in [2.24, 2.45) is 5.73 Å². The molecular formula is C20H16FN3O5. The number of carbonyl (C=O) groups excluding carboxylic acids is 3. The van der Waals surface area contributed by atoms with Gasteiger partial charge in [-0.1, -0.05) is 6.07 Å².